The van der Waals surface area contributed by atoms with Gasteiger partial charge in [-0.05, 0) is 61.2 Å². The van der Waals surface area contributed by atoms with Gasteiger partial charge in [-0.1, -0.05) is 28.4 Å². The Kier molecular flexibility index (Phi) is 7.79. The van der Waals surface area contributed by atoms with E-state index < -0.39 is 30.1 Å². The van der Waals surface area contributed by atoms with Gasteiger partial charge in [-0.25, -0.2) is 14.3 Å². The second-order valence-electron chi connectivity index (χ2n) is 9.71. The maximum absolute atomic E-state index is 13.7. The lowest BCUT2D eigenvalue weighted by Crippen LogP contribution is -2.34. The molecule has 42 heavy (non-hydrogen) atoms. The fourth-order valence-electron chi connectivity index (χ4n) is 4.18. The van der Waals surface area contributed by atoms with Crippen LogP contribution in [-0.4, -0.2) is 53.7 Å². The van der Waals surface area contributed by atoms with Gasteiger partial charge in [-0.3, -0.25) is 9.59 Å². The van der Waals surface area contributed by atoms with E-state index in [0.29, 0.717) is 22.3 Å². The summed E-state index contributed by atoms with van der Waals surface area (Å²) in [4.78, 5) is 30.8. The number of hydrogen-bond acceptors (Lipinski definition) is 6. The SMILES string of the molecule is Cc1cc(Cl)cc(C(=O)NC2CC2)c1CC(=O)c1cc(Cn2cc(C(F)(F)C(F)(F)F)nn2)nn1-c1ncccc1Cl. The lowest BCUT2D eigenvalue weighted by atomic mass is 9.95. The first-order valence-electron chi connectivity index (χ1n) is 12.4. The summed E-state index contributed by atoms with van der Waals surface area (Å²) < 4.78 is 67.6. The molecule has 5 rings (SSSR count). The standard InChI is InChI=1S/C26H20Cl2F5N7O2/c1-13-7-14(27)8-18(24(42)35-15-4-5-15)17(13)10-21(41)20-9-16(37-40(20)23-19(28)3-2-6-34-23)11-39-12-22(36-38-39)25(29,30)26(31,32)33/h2-3,6-9,12,15H,4-5,10-11H2,1H3,(H,35,42). The van der Waals surface area contributed by atoms with Gasteiger partial charge in [0.25, 0.3) is 5.91 Å². The maximum Gasteiger partial charge on any atom is 0.459 e. The lowest BCUT2D eigenvalue weighted by Gasteiger charge is -2.16. The predicted octanol–water partition coefficient (Wildman–Crippen LogP) is 5.49. The molecule has 3 heterocycles. The summed E-state index contributed by atoms with van der Waals surface area (Å²) in [5.74, 6) is -6.03. The van der Waals surface area contributed by atoms with Gasteiger partial charge in [0.15, 0.2) is 17.3 Å². The number of carbonyl (C=O) groups excluding carboxylic acids is 2. The number of aromatic nitrogens is 6. The lowest BCUT2D eigenvalue weighted by molar-refractivity contribution is -0.291. The molecule has 1 aliphatic carbocycles. The molecule has 3 aromatic heterocycles. The van der Waals surface area contributed by atoms with Crippen molar-refractivity contribution in [3.05, 3.63) is 86.5 Å². The maximum atomic E-state index is 13.7. The number of ketones is 1. The van der Waals surface area contributed by atoms with Gasteiger partial charge in [0.2, 0.25) is 0 Å². The highest BCUT2D eigenvalue weighted by molar-refractivity contribution is 6.32. The van der Waals surface area contributed by atoms with E-state index in [0.717, 1.165) is 22.2 Å². The van der Waals surface area contributed by atoms with Crippen molar-refractivity contribution >= 4 is 34.9 Å². The first kappa shape index (κ1) is 29.6. The molecule has 9 nitrogen and oxygen atoms in total. The number of nitrogens with zero attached hydrogens (tertiary/aromatic N) is 6. The first-order chi connectivity index (χ1) is 19.7. The molecule has 0 radical (unpaired) electrons. The largest absolute Gasteiger partial charge is 0.459 e. The summed E-state index contributed by atoms with van der Waals surface area (Å²) in [7, 11) is 0. The first-order valence-corrected chi connectivity index (χ1v) is 13.2. The molecule has 0 aliphatic heterocycles. The number of alkyl halides is 5. The van der Waals surface area contributed by atoms with Crippen LogP contribution in [-0.2, 0) is 18.9 Å². The molecule has 220 valence electrons. The Balaban J connectivity index is 1.50. The van der Waals surface area contributed by atoms with Crippen LogP contribution < -0.4 is 5.32 Å². The van der Waals surface area contributed by atoms with E-state index in [1.54, 1.807) is 19.1 Å². The van der Waals surface area contributed by atoms with Crippen molar-refractivity contribution in [1.82, 2.24) is 35.1 Å². The van der Waals surface area contributed by atoms with Crippen LogP contribution in [0.5, 0.6) is 0 Å². The van der Waals surface area contributed by atoms with Gasteiger partial charge in [0.1, 0.15) is 5.69 Å². The van der Waals surface area contributed by atoms with E-state index in [2.05, 4.69) is 25.7 Å². The van der Waals surface area contributed by atoms with Gasteiger partial charge in [0.05, 0.1) is 23.5 Å². The topological polar surface area (TPSA) is 108 Å². The number of benzene rings is 1. The van der Waals surface area contributed by atoms with Crippen LogP contribution in [0.3, 0.4) is 0 Å². The van der Waals surface area contributed by atoms with Crippen LogP contribution in [0.25, 0.3) is 5.82 Å². The fourth-order valence-corrected chi connectivity index (χ4v) is 4.66. The number of rotatable bonds is 9. The van der Waals surface area contributed by atoms with E-state index in [4.69, 9.17) is 23.2 Å². The minimum absolute atomic E-state index is 0.0329. The molecular formula is C26H20Cl2F5N7O2. The highest BCUT2D eigenvalue weighted by atomic mass is 35.5. The molecule has 0 unspecified atom stereocenters. The molecule has 0 atom stereocenters. The predicted molar refractivity (Wildman–Crippen MR) is 140 cm³/mol. The number of hydrogen-bond donors (Lipinski definition) is 1. The molecule has 0 bridgehead atoms. The second kappa shape index (κ2) is 11.1. The van der Waals surface area contributed by atoms with E-state index >= 15 is 0 Å². The number of Topliss-reactive ketones (excluding diaryl/α,β-unsaturated/α-hetero) is 1. The zero-order valence-corrected chi connectivity index (χ0v) is 23.1. The Bertz CT molecular complexity index is 1680. The number of carbonyl (C=O) groups is 2. The van der Waals surface area contributed by atoms with Gasteiger partial charge in [-0.15, -0.1) is 5.10 Å². The monoisotopic (exact) mass is 627 g/mol. The fraction of sp³-hybridized carbons (Fsp3) is 0.308. The minimum Gasteiger partial charge on any atom is -0.349 e. The van der Waals surface area contributed by atoms with Crippen LogP contribution in [0.2, 0.25) is 10.0 Å². The normalized spacial score (nSPS) is 13.8. The van der Waals surface area contributed by atoms with Gasteiger partial charge < -0.3 is 5.32 Å². The third-order valence-electron chi connectivity index (χ3n) is 6.46. The van der Waals surface area contributed by atoms with Crippen molar-refractivity contribution in [2.75, 3.05) is 0 Å². The molecule has 1 saturated carbocycles. The van der Waals surface area contributed by atoms with Crippen LogP contribution in [0.4, 0.5) is 22.0 Å². The number of amides is 1. The van der Waals surface area contributed by atoms with Crippen molar-refractivity contribution in [2.45, 2.75) is 50.9 Å². The molecule has 1 amide bonds. The highest BCUT2D eigenvalue weighted by Crippen LogP contribution is 2.42. The molecule has 1 fully saturated rings. The summed E-state index contributed by atoms with van der Waals surface area (Å²) in [5, 5.41) is 14.0. The Labute approximate surface area is 244 Å². The molecule has 16 heteroatoms. The molecule has 1 aliphatic rings. The van der Waals surface area contributed by atoms with E-state index in [9.17, 15) is 31.5 Å². The van der Waals surface area contributed by atoms with Gasteiger partial charge in [0, 0.05) is 29.2 Å². The van der Waals surface area contributed by atoms with Crippen LogP contribution in [0.1, 0.15) is 56.2 Å². The Morgan fingerprint density at radius 3 is 2.52 bits per heavy atom. The summed E-state index contributed by atoms with van der Waals surface area (Å²) in [5.41, 5.74) is -0.295. The molecule has 1 aromatic carbocycles. The zero-order valence-electron chi connectivity index (χ0n) is 21.6. The van der Waals surface area contributed by atoms with Crippen molar-refractivity contribution in [3.8, 4) is 5.82 Å². The number of aryl methyl sites for hydroxylation is 1. The molecule has 0 spiro atoms. The summed E-state index contributed by atoms with van der Waals surface area (Å²) >= 11 is 12.5. The smallest absolute Gasteiger partial charge is 0.349 e. The zero-order chi connectivity index (χ0) is 30.4. The summed E-state index contributed by atoms with van der Waals surface area (Å²) in [6, 6.07) is 7.53. The number of halogens is 7. The molecule has 1 N–H and O–H groups in total. The number of nitrogens with one attached hydrogen (secondary N) is 1. The van der Waals surface area contributed by atoms with E-state index in [1.165, 1.54) is 24.4 Å². The van der Waals surface area contributed by atoms with Crippen LogP contribution >= 0.6 is 23.2 Å². The molecule has 0 saturated heterocycles. The summed E-state index contributed by atoms with van der Waals surface area (Å²) in [6.07, 6.45) is -2.55. The second-order valence-corrected chi connectivity index (χ2v) is 10.6. The van der Waals surface area contributed by atoms with Crippen molar-refractivity contribution in [2.24, 2.45) is 0 Å². The Morgan fingerprint density at radius 1 is 1.12 bits per heavy atom. The van der Waals surface area contributed by atoms with Crippen LogP contribution in [0.15, 0.2) is 42.7 Å². The molecular weight excluding hydrogens is 608 g/mol. The molecule has 4 aromatic rings. The van der Waals surface area contributed by atoms with Crippen LogP contribution in [0, 0.1) is 6.92 Å². The van der Waals surface area contributed by atoms with Crippen molar-refractivity contribution < 1.29 is 31.5 Å². The average molecular weight is 628 g/mol. The van der Waals surface area contributed by atoms with E-state index in [1.807, 2.05) is 0 Å². The van der Waals surface area contributed by atoms with E-state index in [-0.39, 0.29) is 46.2 Å². The average Bonchev–Trinajstić information content (AvgIpc) is 3.42. The van der Waals surface area contributed by atoms with Crippen molar-refractivity contribution in [1.29, 1.82) is 0 Å². The quantitative estimate of drug-likeness (QED) is 0.194. The highest BCUT2D eigenvalue weighted by Gasteiger charge is 2.60. The van der Waals surface area contributed by atoms with Gasteiger partial charge >= 0.3 is 12.1 Å². The Morgan fingerprint density at radius 2 is 1.86 bits per heavy atom. The minimum atomic E-state index is -5.86. The summed E-state index contributed by atoms with van der Waals surface area (Å²) in [6.45, 7) is 1.30. The Hall–Kier alpha value is -3.91. The third kappa shape index (κ3) is 6.00. The van der Waals surface area contributed by atoms with Gasteiger partial charge in [-0.2, -0.15) is 27.1 Å². The third-order valence-corrected chi connectivity index (χ3v) is 6.97. The van der Waals surface area contributed by atoms with Crippen molar-refractivity contribution in [3.63, 3.8) is 0 Å². The number of pyridine rings is 1.